The molecule has 0 saturated heterocycles. The summed E-state index contributed by atoms with van der Waals surface area (Å²) < 4.78 is 50.9. The molecule has 2 aromatic carbocycles. The van der Waals surface area contributed by atoms with Crippen LogP contribution in [0.3, 0.4) is 0 Å². The minimum atomic E-state index is -3.70. The summed E-state index contributed by atoms with van der Waals surface area (Å²) in [7, 11) is -7.24. The molecule has 0 unspecified atom stereocenters. The summed E-state index contributed by atoms with van der Waals surface area (Å²) in [6.45, 7) is 3.75. The van der Waals surface area contributed by atoms with Crippen LogP contribution in [0.25, 0.3) is 0 Å². The number of benzene rings is 2. The average molecular weight is 558 g/mol. The van der Waals surface area contributed by atoms with Gasteiger partial charge in [-0.05, 0) is 38.1 Å². The molecular weight excluding hydrogens is 542 g/mol. The third-order valence-electron chi connectivity index (χ3n) is 3.07. The first-order valence-corrected chi connectivity index (χ1v) is 12.0. The summed E-state index contributed by atoms with van der Waals surface area (Å²) in [6.07, 6.45) is 0. The molecule has 152 valence electrons. The molecule has 0 radical (unpaired) electrons. The molecule has 0 aliphatic rings. The van der Waals surface area contributed by atoms with E-state index in [9.17, 15) is 16.8 Å². The van der Waals surface area contributed by atoms with Crippen LogP contribution in [0.1, 0.15) is 11.1 Å². The Balaban J connectivity index is 0.000000523. The summed E-state index contributed by atoms with van der Waals surface area (Å²) >= 11 is 17.1. The molecule has 0 spiro atoms. The predicted octanol–water partition coefficient (Wildman–Crippen LogP) is 2.62. The van der Waals surface area contributed by atoms with Crippen molar-refractivity contribution >= 4 is 78.8 Å². The van der Waals surface area contributed by atoms with E-state index < -0.39 is 20.0 Å². The van der Waals surface area contributed by atoms with E-state index in [0.717, 1.165) is 11.1 Å². The van der Waals surface area contributed by atoms with Gasteiger partial charge in [0.05, 0.1) is 9.79 Å². The first-order chi connectivity index (χ1) is 12.8. The molecule has 0 atom stereocenters. The van der Waals surface area contributed by atoms with E-state index in [0.29, 0.717) is 0 Å². The third-order valence-corrected chi connectivity index (χ3v) is 6.63. The molecule has 29 heavy (non-hydrogen) atoms. The Morgan fingerprint density at radius 2 is 1.28 bits per heavy atom. The quantitative estimate of drug-likeness (QED) is 0.149. The molecule has 0 aliphatic heterocycles. The molecule has 0 aliphatic carbocycles. The Morgan fingerprint density at radius 1 is 0.897 bits per heavy atom. The van der Waals surface area contributed by atoms with Gasteiger partial charge in [-0.1, -0.05) is 47.6 Å². The van der Waals surface area contributed by atoms with Gasteiger partial charge in [0.25, 0.3) is 20.0 Å². The maximum Gasteiger partial charge on any atom is 2.00 e. The van der Waals surface area contributed by atoms with Gasteiger partial charge in [-0.3, -0.25) is 4.72 Å². The molecule has 0 heterocycles. The molecule has 13 heteroatoms. The van der Waals surface area contributed by atoms with E-state index in [1.165, 1.54) is 24.3 Å². The van der Waals surface area contributed by atoms with Gasteiger partial charge in [0.2, 0.25) is 0 Å². The average Bonchev–Trinajstić information content (AvgIpc) is 2.54. The number of thiol groups is 1. The normalized spacial score (nSPS) is 10.6. The van der Waals surface area contributed by atoms with Gasteiger partial charge in [0, 0.05) is 0 Å². The number of hydrogen-bond acceptors (Lipinski definition) is 7. The van der Waals surface area contributed by atoms with Crippen LogP contribution < -0.4 is 4.72 Å². The second-order valence-corrected chi connectivity index (χ2v) is 10.8. The summed E-state index contributed by atoms with van der Waals surface area (Å²) in [4.78, 5) is 0.287. The Kier molecular flexibility index (Phi) is 11.9. The molecule has 0 bridgehead atoms. The standard InChI is InChI=1S/2C8H9NO2S3.Zn/c2*1-6-2-4-7(5-3-6)14(10,11)9-8(12)13;/h2*2-5H,1H3,(H2,9,12,13);/q;;+2/p-2. The number of nitrogens with one attached hydrogen (secondary N) is 1. The van der Waals surface area contributed by atoms with Gasteiger partial charge in [-0.2, -0.15) is 8.42 Å². The van der Waals surface area contributed by atoms with Crippen molar-refractivity contribution in [2.24, 2.45) is 4.40 Å². The minimum Gasteiger partial charge on any atom is -0.788 e. The second kappa shape index (κ2) is 12.2. The van der Waals surface area contributed by atoms with Crippen molar-refractivity contribution in [2.75, 3.05) is 0 Å². The van der Waals surface area contributed by atoms with Crippen LogP contribution in [0.15, 0.2) is 62.7 Å². The smallest absolute Gasteiger partial charge is 0.788 e. The van der Waals surface area contributed by atoms with Gasteiger partial charge < -0.3 is 25.3 Å². The Labute approximate surface area is 206 Å². The largest absolute Gasteiger partial charge is 2.00 e. The van der Waals surface area contributed by atoms with Crippen LogP contribution in [-0.2, 0) is 64.8 Å². The first-order valence-electron chi connectivity index (χ1n) is 7.41. The van der Waals surface area contributed by atoms with E-state index in [-0.39, 0.29) is 38.0 Å². The van der Waals surface area contributed by atoms with Crippen LogP contribution in [0.5, 0.6) is 0 Å². The fourth-order valence-electron chi connectivity index (χ4n) is 1.75. The summed E-state index contributed by atoms with van der Waals surface area (Å²) in [5.74, 6) is 0. The van der Waals surface area contributed by atoms with Gasteiger partial charge in [0.15, 0.2) is 0 Å². The van der Waals surface area contributed by atoms with Gasteiger partial charge in [-0.25, -0.2) is 17.2 Å². The van der Waals surface area contributed by atoms with Crippen molar-refractivity contribution in [3.05, 3.63) is 59.7 Å². The van der Waals surface area contributed by atoms with Crippen molar-refractivity contribution < 1.29 is 36.3 Å². The molecule has 2 rings (SSSR count). The minimum absolute atomic E-state index is 0. The molecular formula is C16H16N2O4S6Zn. The monoisotopic (exact) mass is 556 g/mol. The summed E-state index contributed by atoms with van der Waals surface area (Å²) in [5.41, 5.74) is 1.97. The van der Waals surface area contributed by atoms with E-state index in [1.807, 2.05) is 13.8 Å². The second-order valence-electron chi connectivity index (χ2n) is 5.37. The number of hydrogen-bond donors (Lipinski definition) is 2. The number of rotatable bonds is 4. The van der Waals surface area contributed by atoms with E-state index >= 15 is 0 Å². The molecule has 0 fully saturated rings. The molecule has 1 N–H and O–H groups in total. The van der Waals surface area contributed by atoms with Crippen LogP contribution in [0.2, 0.25) is 0 Å². The van der Waals surface area contributed by atoms with Crippen molar-refractivity contribution in [3.63, 3.8) is 0 Å². The Hall–Kier alpha value is -0.687. The Bertz CT molecular complexity index is 1060. The summed E-state index contributed by atoms with van der Waals surface area (Å²) in [5, 5.41) is 0. The summed E-state index contributed by atoms with van der Waals surface area (Å²) in [6, 6.07) is 12.8. The van der Waals surface area contributed by atoms with Crippen molar-refractivity contribution in [1.82, 2.24) is 4.72 Å². The van der Waals surface area contributed by atoms with E-state index in [1.54, 1.807) is 24.3 Å². The van der Waals surface area contributed by atoms with Crippen LogP contribution in [-0.4, -0.2) is 25.5 Å². The van der Waals surface area contributed by atoms with Gasteiger partial charge in [0.1, 0.15) is 4.32 Å². The maximum atomic E-state index is 11.5. The van der Waals surface area contributed by atoms with Crippen LogP contribution >= 0.6 is 24.8 Å². The number of sulfonamides is 2. The van der Waals surface area contributed by atoms with Crippen molar-refractivity contribution in [3.8, 4) is 0 Å². The van der Waals surface area contributed by atoms with E-state index in [4.69, 9.17) is 0 Å². The SMILES string of the molecule is Cc1ccc(S(=O)(=O)N=C([S-])[S-])cc1.Cc1ccc(S(=O)(=O)NC(=S)S)cc1.[Zn+2]. The fraction of sp³-hybridized carbons (Fsp3) is 0.125. The molecule has 0 saturated carbocycles. The van der Waals surface area contributed by atoms with Crippen LogP contribution in [0, 0.1) is 13.8 Å². The maximum absolute atomic E-state index is 11.5. The number of thiocarbonyl (C=S) groups is 1. The Morgan fingerprint density at radius 3 is 1.62 bits per heavy atom. The first kappa shape index (κ1) is 28.3. The zero-order chi connectivity index (χ0) is 21.5. The predicted molar refractivity (Wildman–Crippen MR) is 124 cm³/mol. The molecule has 6 nitrogen and oxygen atoms in total. The van der Waals surface area contributed by atoms with E-state index in [2.05, 4.69) is 59.2 Å². The van der Waals surface area contributed by atoms with Gasteiger partial charge in [-0.15, -0.1) is 12.6 Å². The fourth-order valence-corrected chi connectivity index (χ4v) is 4.65. The van der Waals surface area contributed by atoms with Crippen molar-refractivity contribution in [2.45, 2.75) is 23.6 Å². The topological polar surface area (TPSA) is 92.7 Å². The number of aryl methyl sites for hydroxylation is 2. The number of nitrogens with zero attached hydrogens (tertiary/aromatic N) is 1. The molecule has 0 aromatic heterocycles. The zero-order valence-corrected chi connectivity index (χ0v) is 23.3. The van der Waals surface area contributed by atoms with Gasteiger partial charge >= 0.3 is 19.5 Å². The molecule has 0 amide bonds. The zero-order valence-electron chi connectivity index (χ0n) is 15.4. The van der Waals surface area contributed by atoms with Crippen molar-refractivity contribution in [1.29, 1.82) is 0 Å². The third kappa shape index (κ3) is 10.3. The van der Waals surface area contributed by atoms with Crippen LogP contribution in [0.4, 0.5) is 0 Å². The molecule has 2 aromatic rings.